The van der Waals surface area contributed by atoms with Crippen LogP contribution in [0.5, 0.6) is 17.2 Å². The van der Waals surface area contributed by atoms with Crippen LogP contribution in [-0.2, 0) is 10.0 Å². The molecule has 0 unspecified atom stereocenters. The molecule has 2 aromatic carbocycles. The molecule has 3 rings (SSSR count). The molecule has 0 atom stereocenters. The zero-order valence-corrected chi connectivity index (χ0v) is 16.7. The van der Waals surface area contributed by atoms with Gasteiger partial charge in [0.1, 0.15) is 16.4 Å². The highest BCUT2D eigenvalue weighted by Gasteiger charge is 2.30. The van der Waals surface area contributed by atoms with Gasteiger partial charge < -0.3 is 9.47 Å². The van der Waals surface area contributed by atoms with Crippen molar-refractivity contribution >= 4 is 33.2 Å². The summed E-state index contributed by atoms with van der Waals surface area (Å²) in [4.78, 5) is 0.0188. The molecule has 1 heterocycles. The zero-order valence-electron chi connectivity index (χ0n) is 14.4. The van der Waals surface area contributed by atoms with E-state index in [4.69, 9.17) is 37.9 Å². The fourth-order valence-corrected chi connectivity index (χ4v) is 5.08. The van der Waals surface area contributed by atoms with Crippen molar-refractivity contribution in [3.8, 4) is 23.3 Å². The molecule has 0 saturated carbocycles. The van der Waals surface area contributed by atoms with Gasteiger partial charge in [0, 0.05) is 19.2 Å². The molecule has 0 aromatic heterocycles. The number of methoxy groups -OCH3 is 1. The van der Waals surface area contributed by atoms with E-state index in [2.05, 4.69) is 0 Å². The van der Waals surface area contributed by atoms with E-state index < -0.39 is 10.0 Å². The lowest BCUT2D eigenvalue weighted by Gasteiger charge is -2.18. The first-order chi connectivity index (χ1) is 12.9. The molecule has 6 nitrogen and oxygen atoms in total. The fourth-order valence-electron chi connectivity index (χ4n) is 2.83. The van der Waals surface area contributed by atoms with E-state index >= 15 is 0 Å². The van der Waals surface area contributed by atoms with Crippen molar-refractivity contribution in [2.24, 2.45) is 0 Å². The summed E-state index contributed by atoms with van der Waals surface area (Å²) in [5.74, 6) is 0.611. The number of hydrogen-bond donors (Lipinski definition) is 0. The Morgan fingerprint density at radius 1 is 1.11 bits per heavy atom. The summed E-state index contributed by atoms with van der Waals surface area (Å²) in [6.45, 7) is 0.952. The highest BCUT2D eigenvalue weighted by atomic mass is 35.5. The molecule has 1 saturated heterocycles. The largest absolute Gasteiger partial charge is 0.495 e. The Hall–Kier alpha value is -1.98. The van der Waals surface area contributed by atoms with Crippen LogP contribution >= 0.6 is 23.2 Å². The summed E-state index contributed by atoms with van der Waals surface area (Å²) in [6.07, 6.45) is 1.66. The van der Waals surface area contributed by atoms with Gasteiger partial charge in [0.05, 0.1) is 28.8 Å². The zero-order chi connectivity index (χ0) is 19.6. The number of rotatable bonds is 5. The monoisotopic (exact) mass is 426 g/mol. The number of benzene rings is 2. The molecule has 0 N–H and O–H groups in total. The quantitative estimate of drug-likeness (QED) is 0.705. The number of nitriles is 1. The van der Waals surface area contributed by atoms with Crippen LogP contribution < -0.4 is 9.47 Å². The van der Waals surface area contributed by atoms with Crippen molar-refractivity contribution < 1.29 is 17.9 Å². The predicted molar refractivity (Wildman–Crippen MR) is 102 cm³/mol. The van der Waals surface area contributed by atoms with Gasteiger partial charge in [-0.3, -0.25) is 0 Å². The predicted octanol–water partition coefficient (Wildman–Crippen LogP) is 4.45. The molecule has 0 amide bonds. The Labute approximate surface area is 167 Å². The van der Waals surface area contributed by atoms with Gasteiger partial charge in [-0.1, -0.05) is 23.2 Å². The second-order valence-corrected chi connectivity index (χ2v) is 8.63. The summed E-state index contributed by atoms with van der Waals surface area (Å²) in [6, 6.07) is 9.26. The summed E-state index contributed by atoms with van der Waals surface area (Å²) in [7, 11) is -2.30. The van der Waals surface area contributed by atoms with Crippen molar-refractivity contribution in [2.45, 2.75) is 17.7 Å². The molecule has 0 bridgehead atoms. The Morgan fingerprint density at radius 3 is 2.30 bits per heavy atom. The van der Waals surface area contributed by atoms with Crippen molar-refractivity contribution in [1.82, 2.24) is 4.31 Å². The molecule has 0 radical (unpaired) electrons. The van der Waals surface area contributed by atoms with E-state index in [-0.39, 0.29) is 32.2 Å². The second kappa shape index (κ2) is 7.95. The van der Waals surface area contributed by atoms with E-state index in [0.717, 1.165) is 12.8 Å². The summed E-state index contributed by atoms with van der Waals surface area (Å²) in [5, 5.41) is 9.26. The lowest BCUT2D eigenvalue weighted by atomic mass is 10.2. The molecular formula is C18H16Cl2N2O4S. The van der Waals surface area contributed by atoms with Crippen LogP contribution in [0.1, 0.15) is 18.4 Å². The minimum absolute atomic E-state index is 0.0188. The molecule has 9 heteroatoms. The summed E-state index contributed by atoms with van der Waals surface area (Å²) < 4.78 is 38.3. The smallest absolute Gasteiger partial charge is 0.246 e. The van der Waals surface area contributed by atoms with Crippen LogP contribution in [-0.4, -0.2) is 32.9 Å². The van der Waals surface area contributed by atoms with Crippen molar-refractivity contribution in [2.75, 3.05) is 20.2 Å². The highest BCUT2D eigenvalue weighted by Crippen LogP contribution is 2.39. The molecule has 0 aliphatic carbocycles. The van der Waals surface area contributed by atoms with Crippen LogP contribution in [0.2, 0.25) is 10.0 Å². The lowest BCUT2D eigenvalue weighted by Crippen LogP contribution is -2.28. The lowest BCUT2D eigenvalue weighted by molar-refractivity contribution is 0.395. The van der Waals surface area contributed by atoms with Crippen molar-refractivity contribution in [1.29, 1.82) is 5.26 Å². The third-order valence-corrected chi connectivity index (χ3v) is 6.65. The number of sulfonamides is 1. The second-order valence-electron chi connectivity index (χ2n) is 5.91. The average Bonchev–Trinajstić information content (AvgIpc) is 3.20. The third-order valence-electron chi connectivity index (χ3n) is 4.17. The van der Waals surface area contributed by atoms with E-state index in [1.807, 2.05) is 6.07 Å². The van der Waals surface area contributed by atoms with Crippen LogP contribution in [0.4, 0.5) is 0 Å². The number of nitrogens with zero attached hydrogens (tertiary/aromatic N) is 2. The standard InChI is InChI=1S/C18H16Cl2N2O4S/c1-25-16-5-4-13(10-17(16)27(23,24)22-6-2-3-7-22)26-18-14(19)8-12(11-21)9-15(18)20/h4-5,8-10H,2-3,6-7H2,1H3. The van der Waals surface area contributed by atoms with Crippen LogP contribution in [0.3, 0.4) is 0 Å². The summed E-state index contributed by atoms with van der Waals surface area (Å²) in [5.41, 5.74) is 0.296. The Balaban J connectivity index is 2.01. The molecule has 0 spiro atoms. The van der Waals surface area contributed by atoms with Gasteiger partial charge in [0.2, 0.25) is 10.0 Å². The van der Waals surface area contributed by atoms with Crippen LogP contribution in [0.25, 0.3) is 0 Å². The molecule has 1 aliphatic heterocycles. The molecule has 2 aromatic rings. The molecule has 142 valence electrons. The molecule has 1 aliphatic rings. The third kappa shape index (κ3) is 3.99. The van der Waals surface area contributed by atoms with Crippen molar-refractivity contribution in [3.63, 3.8) is 0 Å². The van der Waals surface area contributed by atoms with Gasteiger partial charge in [-0.25, -0.2) is 8.42 Å². The minimum atomic E-state index is -3.71. The number of halogens is 2. The van der Waals surface area contributed by atoms with E-state index in [1.54, 1.807) is 6.07 Å². The van der Waals surface area contributed by atoms with E-state index in [0.29, 0.717) is 18.7 Å². The van der Waals surface area contributed by atoms with Crippen LogP contribution in [0.15, 0.2) is 35.2 Å². The van der Waals surface area contributed by atoms with Gasteiger partial charge in [-0.05, 0) is 37.1 Å². The molecular weight excluding hydrogens is 411 g/mol. The molecule has 1 fully saturated rings. The normalized spacial score (nSPS) is 14.7. The SMILES string of the molecule is COc1ccc(Oc2c(Cl)cc(C#N)cc2Cl)cc1S(=O)(=O)N1CCCC1. The highest BCUT2D eigenvalue weighted by molar-refractivity contribution is 7.89. The molecule has 27 heavy (non-hydrogen) atoms. The van der Waals surface area contributed by atoms with Gasteiger partial charge in [0.15, 0.2) is 5.75 Å². The minimum Gasteiger partial charge on any atom is -0.495 e. The average molecular weight is 427 g/mol. The number of hydrogen-bond acceptors (Lipinski definition) is 5. The van der Waals surface area contributed by atoms with Crippen molar-refractivity contribution in [3.05, 3.63) is 45.9 Å². The Bertz CT molecular complexity index is 990. The first-order valence-electron chi connectivity index (χ1n) is 8.12. The Kier molecular flexibility index (Phi) is 5.82. The maximum atomic E-state index is 12.9. The Morgan fingerprint density at radius 2 is 1.74 bits per heavy atom. The number of ether oxygens (including phenoxy) is 2. The van der Waals surface area contributed by atoms with Crippen LogP contribution in [0, 0.1) is 11.3 Å². The van der Waals surface area contributed by atoms with Gasteiger partial charge in [-0.2, -0.15) is 9.57 Å². The van der Waals surface area contributed by atoms with Gasteiger partial charge in [0.25, 0.3) is 0 Å². The van der Waals surface area contributed by atoms with Gasteiger partial charge >= 0.3 is 0 Å². The van der Waals surface area contributed by atoms with Gasteiger partial charge in [-0.15, -0.1) is 0 Å². The topological polar surface area (TPSA) is 79.6 Å². The van der Waals surface area contributed by atoms with E-state index in [9.17, 15) is 8.42 Å². The summed E-state index contributed by atoms with van der Waals surface area (Å²) >= 11 is 12.3. The maximum absolute atomic E-state index is 12.9. The first-order valence-corrected chi connectivity index (χ1v) is 10.3. The maximum Gasteiger partial charge on any atom is 0.246 e. The fraction of sp³-hybridized carbons (Fsp3) is 0.278. The van der Waals surface area contributed by atoms with E-state index in [1.165, 1.54) is 35.7 Å². The first kappa shape index (κ1) is 19.8.